The summed E-state index contributed by atoms with van der Waals surface area (Å²) in [6, 6.07) is 10.3. The molecular weight excluding hydrogens is 319 g/mol. The van der Waals surface area contributed by atoms with Gasteiger partial charge in [0, 0.05) is 10.9 Å². The normalized spacial score (nSPS) is 12.0. The van der Waals surface area contributed by atoms with Gasteiger partial charge < -0.3 is 9.53 Å². The number of carbonyl (C=O) groups excluding carboxylic acids is 1. The van der Waals surface area contributed by atoms with Gasteiger partial charge in [0.15, 0.2) is 0 Å². The molecule has 0 aromatic heterocycles. The highest BCUT2D eigenvalue weighted by Crippen LogP contribution is 2.39. The maximum Gasteiger partial charge on any atom is 0.147 e. The fourth-order valence-corrected chi connectivity index (χ4v) is 2.34. The quantitative estimate of drug-likeness (QED) is 0.668. The summed E-state index contributed by atoms with van der Waals surface area (Å²) in [6.45, 7) is 1.75. The van der Waals surface area contributed by atoms with Crippen LogP contribution in [0.4, 0.5) is 0 Å². The third kappa shape index (κ3) is 3.26. The second-order valence-corrected chi connectivity index (χ2v) is 5.45. The Morgan fingerprint density at radius 1 is 1.00 bits per heavy atom. The molecule has 0 bridgehead atoms. The van der Waals surface area contributed by atoms with Crippen molar-refractivity contribution in [2.75, 3.05) is 0 Å². The van der Waals surface area contributed by atoms with Gasteiger partial charge in [-0.05, 0) is 35.9 Å². The number of ether oxygens (including phenoxy) is 1. The average molecular weight is 330 g/mol. The van der Waals surface area contributed by atoms with Crippen molar-refractivity contribution in [1.82, 2.24) is 0 Å². The molecule has 0 amide bonds. The second kappa shape index (κ2) is 6.49. The summed E-state index contributed by atoms with van der Waals surface area (Å²) >= 11 is 18.2. The van der Waals surface area contributed by atoms with Crippen molar-refractivity contribution in [3.63, 3.8) is 0 Å². The van der Waals surface area contributed by atoms with Crippen LogP contribution in [0.15, 0.2) is 36.4 Å². The molecule has 2 aromatic carbocycles. The Morgan fingerprint density at radius 3 is 2.25 bits per heavy atom. The number of halogens is 3. The van der Waals surface area contributed by atoms with Gasteiger partial charge in [-0.1, -0.05) is 47.8 Å². The maximum absolute atomic E-state index is 10.8. The van der Waals surface area contributed by atoms with Crippen molar-refractivity contribution < 1.29 is 9.53 Å². The van der Waals surface area contributed by atoms with Gasteiger partial charge in [-0.15, -0.1) is 0 Å². The average Bonchev–Trinajstić information content (AvgIpc) is 2.45. The van der Waals surface area contributed by atoms with Crippen molar-refractivity contribution in [2.24, 2.45) is 0 Å². The first kappa shape index (κ1) is 15.2. The molecule has 104 valence electrons. The van der Waals surface area contributed by atoms with Gasteiger partial charge >= 0.3 is 0 Å². The van der Waals surface area contributed by atoms with Crippen LogP contribution < -0.4 is 4.74 Å². The molecule has 20 heavy (non-hydrogen) atoms. The fraction of sp³-hybridized carbons (Fsp3) is 0.133. The summed E-state index contributed by atoms with van der Waals surface area (Å²) in [6.07, 6.45) is 0.817. The van der Waals surface area contributed by atoms with Crippen LogP contribution in [0.1, 0.15) is 18.4 Å². The molecule has 0 heterocycles. The molecule has 2 nitrogen and oxygen atoms in total. The van der Waals surface area contributed by atoms with E-state index in [2.05, 4.69) is 0 Å². The van der Waals surface area contributed by atoms with Gasteiger partial charge in [0.1, 0.15) is 22.8 Å². The summed E-state index contributed by atoms with van der Waals surface area (Å²) in [5.74, 6) is 0.717. The Labute approximate surface area is 132 Å². The van der Waals surface area contributed by atoms with Crippen molar-refractivity contribution >= 4 is 41.1 Å². The van der Waals surface area contributed by atoms with Gasteiger partial charge in [0.25, 0.3) is 0 Å². The molecule has 0 saturated carbocycles. The topological polar surface area (TPSA) is 26.3 Å². The summed E-state index contributed by atoms with van der Waals surface area (Å²) in [4.78, 5) is 10.8. The van der Waals surface area contributed by atoms with Crippen LogP contribution in [0.3, 0.4) is 0 Å². The molecule has 0 aliphatic heterocycles. The SMILES string of the molecule is CC(C=O)c1ccc(Oc2ccc(Cl)cc2)c(Cl)c1Cl. The summed E-state index contributed by atoms with van der Waals surface area (Å²) in [5, 5.41) is 1.24. The molecule has 5 heteroatoms. The van der Waals surface area contributed by atoms with Gasteiger partial charge in [-0.3, -0.25) is 0 Å². The highest BCUT2D eigenvalue weighted by molar-refractivity contribution is 6.43. The first-order chi connectivity index (χ1) is 9.52. The number of carbonyl (C=O) groups is 1. The van der Waals surface area contributed by atoms with Gasteiger partial charge in [0.2, 0.25) is 0 Å². The first-order valence-electron chi connectivity index (χ1n) is 5.89. The number of aldehydes is 1. The molecule has 0 aliphatic rings. The summed E-state index contributed by atoms with van der Waals surface area (Å²) in [5.41, 5.74) is 0.676. The predicted octanol–water partition coefficient (Wildman–Crippen LogP) is 5.74. The van der Waals surface area contributed by atoms with Crippen molar-refractivity contribution in [1.29, 1.82) is 0 Å². The van der Waals surface area contributed by atoms with Crippen LogP contribution in [-0.4, -0.2) is 6.29 Å². The molecule has 0 spiro atoms. The lowest BCUT2D eigenvalue weighted by Crippen LogP contribution is -1.97. The van der Waals surface area contributed by atoms with Crippen molar-refractivity contribution in [2.45, 2.75) is 12.8 Å². The van der Waals surface area contributed by atoms with Gasteiger partial charge in [-0.25, -0.2) is 0 Å². The molecule has 0 fully saturated rings. The van der Waals surface area contributed by atoms with E-state index in [0.717, 1.165) is 6.29 Å². The van der Waals surface area contributed by atoms with Crippen LogP contribution in [0.25, 0.3) is 0 Å². The maximum atomic E-state index is 10.8. The highest BCUT2D eigenvalue weighted by Gasteiger charge is 2.15. The van der Waals surface area contributed by atoms with Gasteiger partial charge in [0.05, 0.1) is 5.02 Å². The smallest absolute Gasteiger partial charge is 0.147 e. The van der Waals surface area contributed by atoms with E-state index in [9.17, 15) is 4.79 Å². The standard InChI is InChI=1S/C15H11Cl3O2/c1-9(8-19)12-6-7-13(15(18)14(12)17)20-11-4-2-10(16)3-5-11/h2-9H,1H3. The lowest BCUT2D eigenvalue weighted by atomic mass is 10.0. The minimum absolute atomic E-state index is 0.285. The molecule has 1 unspecified atom stereocenters. The summed E-state index contributed by atoms with van der Waals surface area (Å²) in [7, 11) is 0. The zero-order valence-electron chi connectivity index (χ0n) is 10.6. The molecule has 0 aliphatic carbocycles. The lowest BCUT2D eigenvalue weighted by Gasteiger charge is -2.13. The zero-order chi connectivity index (χ0) is 14.7. The van der Waals surface area contributed by atoms with Crippen molar-refractivity contribution in [3.8, 4) is 11.5 Å². The molecule has 2 aromatic rings. The Hall–Kier alpha value is -1.22. The van der Waals surface area contributed by atoms with Crippen LogP contribution in [0, 0.1) is 0 Å². The number of hydrogen-bond acceptors (Lipinski definition) is 2. The largest absolute Gasteiger partial charge is 0.456 e. The van der Waals surface area contributed by atoms with Gasteiger partial charge in [-0.2, -0.15) is 0 Å². The zero-order valence-corrected chi connectivity index (χ0v) is 12.8. The molecule has 0 N–H and O–H groups in total. The van der Waals surface area contributed by atoms with Crippen molar-refractivity contribution in [3.05, 3.63) is 57.0 Å². The second-order valence-electron chi connectivity index (χ2n) is 4.26. The Morgan fingerprint density at radius 2 is 1.65 bits per heavy atom. The fourth-order valence-electron chi connectivity index (χ4n) is 1.68. The van der Waals surface area contributed by atoms with Crippen LogP contribution in [-0.2, 0) is 4.79 Å². The molecule has 0 radical (unpaired) electrons. The minimum Gasteiger partial charge on any atom is -0.456 e. The lowest BCUT2D eigenvalue weighted by molar-refractivity contribution is -0.108. The van der Waals surface area contributed by atoms with E-state index in [-0.39, 0.29) is 10.9 Å². The number of benzene rings is 2. The minimum atomic E-state index is -0.315. The third-order valence-corrected chi connectivity index (χ3v) is 3.94. The van der Waals surface area contributed by atoms with E-state index >= 15 is 0 Å². The van der Waals surface area contributed by atoms with E-state index in [1.165, 1.54) is 0 Å². The molecular formula is C15H11Cl3O2. The molecule has 2 rings (SSSR count). The van der Waals surface area contributed by atoms with Crippen LogP contribution in [0.5, 0.6) is 11.5 Å². The molecule has 1 atom stereocenters. The van der Waals surface area contributed by atoms with E-state index in [0.29, 0.717) is 27.1 Å². The van der Waals surface area contributed by atoms with E-state index < -0.39 is 0 Å². The number of rotatable bonds is 4. The van der Waals surface area contributed by atoms with E-state index in [4.69, 9.17) is 39.5 Å². The third-order valence-electron chi connectivity index (χ3n) is 2.81. The van der Waals surface area contributed by atoms with Crippen LogP contribution in [0.2, 0.25) is 15.1 Å². The van der Waals surface area contributed by atoms with E-state index in [1.54, 1.807) is 43.3 Å². The Balaban J connectivity index is 2.32. The highest BCUT2D eigenvalue weighted by atomic mass is 35.5. The van der Waals surface area contributed by atoms with Crippen LogP contribution >= 0.6 is 34.8 Å². The Kier molecular flexibility index (Phi) is 4.92. The first-order valence-corrected chi connectivity index (χ1v) is 7.03. The number of hydrogen-bond donors (Lipinski definition) is 0. The monoisotopic (exact) mass is 328 g/mol. The Bertz CT molecular complexity index is 624. The molecule has 0 saturated heterocycles. The summed E-state index contributed by atoms with van der Waals surface area (Å²) < 4.78 is 5.65. The predicted molar refractivity (Wildman–Crippen MR) is 82.5 cm³/mol. The van der Waals surface area contributed by atoms with E-state index in [1.807, 2.05) is 0 Å².